The molecule has 2 aliphatic heterocycles. The van der Waals surface area contributed by atoms with Crippen molar-refractivity contribution in [3.05, 3.63) is 18.2 Å². The standard InChI is InChI=1S/C16H25N3O2S/c1-17-15-12-14(21-2)4-5-16(15)18-9-6-13(7-10-18)19-8-3-11-22(19)20/h4-5,12-13,17H,3,6-11H2,1-2H3. The van der Waals surface area contributed by atoms with Gasteiger partial charge >= 0.3 is 0 Å². The van der Waals surface area contributed by atoms with Gasteiger partial charge in [-0.2, -0.15) is 0 Å². The van der Waals surface area contributed by atoms with Crippen molar-refractivity contribution in [3.63, 3.8) is 0 Å². The SMILES string of the molecule is CNc1cc(OC)ccc1N1CCC(N2CCCS2=O)CC1. The van der Waals surface area contributed by atoms with Gasteiger partial charge in [-0.05, 0) is 31.4 Å². The molecule has 0 amide bonds. The van der Waals surface area contributed by atoms with Crippen LogP contribution in [0.4, 0.5) is 11.4 Å². The Morgan fingerprint density at radius 1 is 1.27 bits per heavy atom. The lowest BCUT2D eigenvalue weighted by Gasteiger charge is -2.37. The molecule has 3 rings (SSSR count). The molecule has 1 N–H and O–H groups in total. The highest BCUT2D eigenvalue weighted by molar-refractivity contribution is 7.82. The number of hydrogen-bond acceptors (Lipinski definition) is 4. The van der Waals surface area contributed by atoms with E-state index in [-0.39, 0.29) is 0 Å². The highest BCUT2D eigenvalue weighted by Crippen LogP contribution is 2.33. The van der Waals surface area contributed by atoms with Gasteiger partial charge in [0.1, 0.15) is 5.75 Å². The highest BCUT2D eigenvalue weighted by atomic mass is 32.2. The number of piperidine rings is 1. The molecule has 0 aliphatic carbocycles. The van der Waals surface area contributed by atoms with Gasteiger partial charge in [0.15, 0.2) is 0 Å². The van der Waals surface area contributed by atoms with Gasteiger partial charge in [-0.15, -0.1) is 0 Å². The average Bonchev–Trinajstić information content (AvgIpc) is 3.00. The van der Waals surface area contributed by atoms with E-state index in [1.54, 1.807) is 7.11 Å². The average molecular weight is 323 g/mol. The van der Waals surface area contributed by atoms with Crippen LogP contribution in [0.25, 0.3) is 0 Å². The molecule has 2 aliphatic rings. The second-order valence-electron chi connectivity index (χ2n) is 5.87. The van der Waals surface area contributed by atoms with Crippen LogP contribution in [0, 0.1) is 0 Å². The van der Waals surface area contributed by atoms with Crippen molar-refractivity contribution >= 4 is 22.4 Å². The molecule has 122 valence electrons. The second-order valence-corrected chi connectivity index (χ2v) is 7.39. The minimum Gasteiger partial charge on any atom is -0.497 e. The van der Waals surface area contributed by atoms with Crippen LogP contribution in [-0.2, 0) is 11.0 Å². The Hall–Kier alpha value is -1.27. The Labute approximate surface area is 135 Å². The predicted molar refractivity (Wildman–Crippen MR) is 92.1 cm³/mol. The lowest BCUT2D eigenvalue weighted by atomic mass is 10.0. The van der Waals surface area contributed by atoms with Crippen molar-refractivity contribution in [2.75, 3.05) is 49.8 Å². The molecular formula is C16H25N3O2S. The maximum Gasteiger partial charge on any atom is 0.121 e. The Morgan fingerprint density at radius 3 is 2.64 bits per heavy atom. The number of methoxy groups -OCH3 is 1. The van der Waals surface area contributed by atoms with Gasteiger partial charge in [0, 0.05) is 44.5 Å². The van der Waals surface area contributed by atoms with E-state index in [1.807, 2.05) is 19.2 Å². The van der Waals surface area contributed by atoms with Crippen molar-refractivity contribution < 1.29 is 8.95 Å². The zero-order chi connectivity index (χ0) is 15.5. The lowest BCUT2D eigenvalue weighted by Crippen LogP contribution is -2.44. The molecule has 1 atom stereocenters. The van der Waals surface area contributed by atoms with Gasteiger partial charge < -0.3 is 15.0 Å². The maximum absolute atomic E-state index is 12.0. The molecule has 0 saturated carbocycles. The number of hydrogen-bond donors (Lipinski definition) is 1. The fraction of sp³-hybridized carbons (Fsp3) is 0.625. The highest BCUT2D eigenvalue weighted by Gasteiger charge is 2.31. The minimum absolute atomic E-state index is 0.482. The molecule has 2 fully saturated rings. The molecule has 0 radical (unpaired) electrons. The number of ether oxygens (including phenoxy) is 1. The van der Waals surface area contributed by atoms with Crippen LogP contribution in [0.5, 0.6) is 5.75 Å². The molecule has 1 aromatic rings. The van der Waals surface area contributed by atoms with Crippen LogP contribution in [0.3, 0.4) is 0 Å². The van der Waals surface area contributed by atoms with E-state index in [0.717, 1.165) is 56.1 Å². The van der Waals surface area contributed by atoms with Gasteiger partial charge in [-0.3, -0.25) is 0 Å². The van der Waals surface area contributed by atoms with Gasteiger partial charge in [0.2, 0.25) is 0 Å². The summed E-state index contributed by atoms with van der Waals surface area (Å²) in [6.07, 6.45) is 3.25. The van der Waals surface area contributed by atoms with E-state index in [9.17, 15) is 4.21 Å². The van der Waals surface area contributed by atoms with Crippen LogP contribution in [-0.4, -0.2) is 54.1 Å². The summed E-state index contributed by atoms with van der Waals surface area (Å²) in [6.45, 7) is 3.03. The maximum atomic E-state index is 12.0. The van der Waals surface area contributed by atoms with Crippen molar-refractivity contribution in [2.45, 2.75) is 25.3 Å². The monoisotopic (exact) mass is 323 g/mol. The van der Waals surface area contributed by atoms with E-state index in [2.05, 4.69) is 20.6 Å². The molecule has 22 heavy (non-hydrogen) atoms. The van der Waals surface area contributed by atoms with Crippen LogP contribution < -0.4 is 15.0 Å². The largest absolute Gasteiger partial charge is 0.497 e. The third kappa shape index (κ3) is 3.08. The van der Waals surface area contributed by atoms with Crippen LogP contribution in [0.15, 0.2) is 18.2 Å². The van der Waals surface area contributed by atoms with E-state index >= 15 is 0 Å². The molecule has 6 heteroatoms. The van der Waals surface area contributed by atoms with E-state index in [0.29, 0.717) is 6.04 Å². The molecule has 0 spiro atoms. The molecule has 0 bridgehead atoms. The molecule has 1 aromatic carbocycles. The van der Waals surface area contributed by atoms with Crippen molar-refractivity contribution in [3.8, 4) is 5.75 Å². The fourth-order valence-corrected chi connectivity index (χ4v) is 4.91. The number of nitrogens with zero attached hydrogens (tertiary/aromatic N) is 2. The lowest BCUT2D eigenvalue weighted by molar-refractivity contribution is 0.301. The first-order chi connectivity index (χ1) is 10.7. The van der Waals surface area contributed by atoms with Crippen molar-refractivity contribution in [1.82, 2.24) is 4.31 Å². The number of nitrogens with one attached hydrogen (secondary N) is 1. The second kappa shape index (κ2) is 6.87. The summed E-state index contributed by atoms with van der Waals surface area (Å²) in [7, 11) is 2.90. The Bertz CT molecular complexity index is 544. The summed E-state index contributed by atoms with van der Waals surface area (Å²) in [5.74, 6) is 1.72. The first kappa shape index (κ1) is 15.6. The van der Waals surface area contributed by atoms with Crippen LogP contribution in [0.2, 0.25) is 0 Å². The number of anilines is 2. The first-order valence-corrected chi connectivity index (χ1v) is 9.26. The third-order valence-electron chi connectivity index (χ3n) is 4.64. The van der Waals surface area contributed by atoms with Crippen LogP contribution in [0.1, 0.15) is 19.3 Å². The summed E-state index contributed by atoms with van der Waals surface area (Å²) in [5.41, 5.74) is 2.33. The Morgan fingerprint density at radius 2 is 2.05 bits per heavy atom. The molecular weight excluding hydrogens is 298 g/mol. The minimum atomic E-state index is -0.738. The summed E-state index contributed by atoms with van der Waals surface area (Å²) < 4.78 is 19.5. The van der Waals surface area contributed by atoms with Gasteiger partial charge in [-0.25, -0.2) is 8.51 Å². The summed E-state index contributed by atoms with van der Waals surface area (Å²) in [4.78, 5) is 2.42. The first-order valence-electron chi connectivity index (χ1n) is 7.99. The Kier molecular flexibility index (Phi) is 4.88. The number of benzene rings is 1. The van der Waals surface area contributed by atoms with Gasteiger partial charge in [0.05, 0.1) is 29.5 Å². The van der Waals surface area contributed by atoms with Gasteiger partial charge in [-0.1, -0.05) is 0 Å². The summed E-state index contributed by atoms with van der Waals surface area (Å²) in [6, 6.07) is 6.66. The smallest absolute Gasteiger partial charge is 0.121 e. The van der Waals surface area contributed by atoms with E-state index in [4.69, 9.17) is 4.74 Å². The Balaban J connectivity index is 1.67. The molecule has 2 heterocycles. The topological polar surface area (TPSA) is 44.8 Å². The quantitative estimate of drug-likeness (QED) is 0.921. The summed E-state index contributed by atoms with van der Waals surface area (Å²) >= 11 is 0. The fourth-order valence-electron chi connectivity index (χ4n) is 3.42. The third-order valence-corrected chi connectivity index (χ3v) is 6.29. The zero-order valence-corrected chi connectivity index (χ0v) is 14.2. The molecule has 5 nitrogen and oxygen atoms in total. The van der Waals surface area contributed by atoms with E-state index in [1.165, 1.54) is 5.69 Å². The number of rotatable bonds is 4. The van der Waals surface area contributed by atoms with E-state index < -0.39 is 11.0 Å². The van der Waals surface area contributed by atoms with Crippen LogP contribution >= 0.6 is 0 Å². The molecule has 1 unspecified atom stereocenters. The predicted octanol–water partition coefficient (Wildman–Crippen LogP) is 2.08. The zero-order valence-electron chi connectivity index (χ0n) is 13.4. The van der Waals surface area contributed by atoms with Crippen molar-refractivity contribution in [2.24, 2.45) is 0 Å². The summed E-state index contributed by atoms with van der Waals surface area (Å²) in [5, 5.41) is 3.26. The molecule has 2 saturated heterocycles. The van der Waals surface area contributed by atoms with Crippen molar-refractivity contribution in [1.29, 1.82) is 0 Å². The van der Waals surface area contributed by atoms with Gasteiger partial charge in [0.25, 0.3) is 0 Å². The molecule has 0 aromatic heterocycles. The normalized spacial score (nSPS) is 23.7.